The van der Waals surface area contributed by atoms with Crippen LogP contribution in [0.15, 0.2) is 41.3 Å². The van der Waals surface area contributed by atoms with Crippen LogP contribution in [0.1, 0.15) is 22.8 Å². The lowest BCUT2D eigenvalue weighted by Gasteiger charge is -2.10. The maximum atomic E-state index is 12.3. The van der Waals surface area contributed by atoms with E-state index in [4.69, 9.17) is 16.3 Å². The lowest BCUT2D eigenvalue weighted by atomic mass is 10.2. The Bertz CT molecular complexity index is 789. The van der Waals surface area contributed by atoms with Gasteiger partial charge in [-0.05, 0) is 30.7 Å². The van der Waals surface area contributed by atoms with Crippen LogP contribution in [-0.4, -0.2) is 30.7 Å². The van der Waals surface area contributed by atoms with E-state index in [-0.39, 0.29) is 11.5 Å². The molecule has 0 saturated heterocycles. The maximum Gasteiger partial charge on any atom is 0.253 e. The van der Waals surface area contributed by atoms with Gasteiger partial charge >= 0.3 is 0 Å². The normalized spacial score (nSPS) is 10.5. The monoisotopic (exact) mass is 363 g/mol. The zero-order chi connectivity index (χ0) is 18.2. The number of hydrogen-bond donors (Lipinski definition) is 2. The number of rotatable bonds is 8. The zero-order valence-electron chi connectivity index (χ0n) is 14.3. The number of halogens is 1. The molecule has 0 aliphatic rings. The molecule has 0 fully saturated rings. The Labute approximate surface area is 151 Å². The molecule has 0 saturated carbocycles. The van der Waals surface area contributed by atoms with Crippen LogP contribution in [0.3, 0.4) is 0 Å². The van der Waals surface area contributed by atoms with Crippen LogP contribution in [0.2, 0.25) is 5.02 Å². The van der Waals surface area contributed by atoms with Crippen LogP contribution in [-0.2, 0) is 17.8 Å². The molecule has 2 aromatic rings. The number of aromatic nitrogens is 1. The Morgan fingerprint density at radius 2 is 2.08 bits per heavy atom. The van der Waals surface area contributed by atoms with Gasteiger partial charge in [-0.1, -0.05) is 17.7 Å². The number of pyridine rings is 1. The number of nitrogens with one attached hydrogen (secondary N) is 2. The van der Waals surface area contributed by atoms with Crippen molar-refractivity contribution in [3.05, 3.63) is 63.0 Å². The maximum absolute atomic E-state index is 12.3. The fourth-order valence-electron chi connectivity index (χ4n) is 2.27. The van der Waals surface area contributed by atoms with E-state index < -0.39 is 0 Å². The molecule has 6 nitrogen and oxygen atoms in total. The predicted molar refractivity (Wildman–Crippen MR) is 99.4 cm³/mol. The summed E-state index contributed by atoms with van der Waals surface area (Å²) in [5.74, 6) is -0.265. The van der Waals surface area contributed by atoms with Crippen molar-refractivity contribution in [1.29, 1.82) is 0 Å². The van der Waals surface area contributed by atoms with Gasteiger partial charge < -0.3 is 19.9 Å². The molecule has 0 atom stereocenters. The first-order valence-electron chi connectivity index (χ1n) is 8.07. The second kappa shape index (κ2) is 9.25. The Hall–Kier alpha value is -2.31. The van der Waals surface area contributed by atoms with Crippen molar-refractivity contribution in [2.75, 3.05) is 25.6 Å². The number of carbonyl (C=O) groups is 1. The van der Waals surface area contributed by atoms with Gasteiger partial charge in [-0.2, -0.15) is 0 Å². The molecule has 2 rings (SSSR count). The highest BCUT2D eigenvalue weighted by molar-refractivity contribution is 6.31. The van der Waals surface area contributed by atoms with Crippen LogP contribution in [0.4, 0.5) is 5.69 Å². The first-order valence-corrected chi connectivity index (χ1v) is 8.45. The van der Waals surface area contributed by atoms with Gasteiger partial charge in [0.1, 0.15) is 0 Å². The topological polar surface area (TPSA) is 72.4 Å². The van der Waals surface area contributed by atoms with Gasteiger partial charge in [0.15, 0.2) is 0 Å². The summed E-state index contributed by atoms with van der Waals surface area (Å²) in [6.45, 7) is 3.61. The van der Waals surface area contributed by atoms with Crippen molar-refractivity contribution in [3.63, 3.8) is 0 Å². The molecule has 0 aliphatic heterocycles. The number of nitrogens with zero attached hydrogens (tertiary/aromatic N) is 1. The molecule has 0 aliphatic carbocycles. The highest BCUT2D eigenvalue weighted by atomic mass is 35.5. The van der Waals surface area contributed by atoms with Crippen LogP contribution in [0.5, 0.6) is 0 Å². The second-order valence-electron chi connectivity index (χ2n) is 5.39. The minimum Gasteiger partial charge on any atom is -0.388 e. The summed E-state index contributed by atoms with van der Waals surface area (Å²) in [5, 5.41) is 6.40. The van der Waals surface area contributed by atoms with E-state index in [1.165, 1.54) is 16.7 Å². The smallest absolute Gasteiger partial charge is 0.253 e. The highest BCUT2D eigenvalue weighted by Crippen LogP contribution is 2.20. The summed E-state index contributed by atoms with van der Waals surface area (Å²) >= 11 is 6.20. The van der Waals surface area contributed by atoms with E-state index in [0.717, 1.165) is 11.3 Å². The zero-order valence-corrected chi connectivity index (χ0v) is 15.1. The van der Waals surface area contributed by atoms with E-state index in [2.05, 4.69) is 10.6 Å². The summed E-state index contributed by atoms with van der Waals surface area (Å²) in [6.07, 6.45) is 1.54. The molecule has 134 valence electrons. The summed E-state index contributed by atoms with van der Waals surface area (Å²) in [5.41, 5.74) is 1.97. The molecule has 0 unspecified atom stereocenters. The van der Waals surface area contributed by atoms with Crippen molar-refractivity contribution in [2.45, 2.75) is 20.0 Å². The van der Waals surface area contributed by atoms with Crippen molar-refractivity contribution in [1.82, 2.24) is 9.88 Å². The van der Waals surface area contributed by atoms with E-state index in [9.17, 15) is 9.59 Å². The van der Waals surface area contributed by atoms with Gasteiger partial charge in [0, 0.05) is 49.7 Å². The lowest BCUT2D eigenvalue weighted by Crippen LogP contribution is -2.27. The molecule has 25 heavy (non-hydrogen) atoms. The third kappa shape index (κ3) is 5.34. The SMILES string of the molecule is CCOCCn1cc(C(=O)NCc2ccc(NC)cc2Cl)ccc1=O. The Morgan fingerprint density at radius 1 is 1.28 bits per heavy atom. The fraction of sp³-hybridized carbons (Fsp3) is 0.333. The number of hydrogen-bond acceptors (Lipinski definition) is 4. The minimum atomic E-state index is -0.265. The van der Waals surface area contributed by atoms with E-state index in [1.807, 2.05) is 26.1 Å². The lowest BCUT2D eigenvalue weighted by molar-refractivity contribution is 0.0949. The number of ether oxygens (including phenoxy) is 1. The first-order chi connectivity index (χ1) is 12.0. The molecule has 1 amide bonds. The average Bonchev–Trinajstić information content (AvgIpc) is 2.62. The third-order valence-electron chi connectivity index (χ3n) is 3.71. The summed E-state index contributed by atoms with van der Waals surface area (Å²) in [6, 6.07) is 8.45. The third-order valence-corrected chi connectivity index (χ3v) is 4.06. The Kier molecular flexibility index (Phi) is 7.03. The minimum absolute atomic E-state index is 0.165. The number of anilines is 1. The number of amides is 1. The van der Waals surface area contributed by atoms with Crippen LogP contribution in [0.25, 0.3) is 0 Å². The number of carbonyl (C=O) groups excluding carboxylic acids is 1. The second-order valence-corrected chi connectivity index (χ2v) is 5.79. The fourth-order valence-corrected chi connectivity index (χ4v) is 2.52. The van der Waals surface area contributed by atoms with E-state index in [0.29, 0.717) is 36.9 Å². The highest BCUT2D eigenvalue weighted by Gasteiger charge is 2.09. The quantitative estimate of drug-likeness (QED) is 0.707. The molecule has 2 N–H and O–H groups in total. The van der Waals surface area contributed by atoms with Crippen LogP contribution < -0.4 is 16.2 Å². The molecule has 1 aromatic heterocycles. The molecular weight excluding hydrogens is 342 g/mol. The van der Waals surface area contributed by atoms with Gasteiger partial charge in [0.2, 0.25) is 0 Å². The van der Waals surface area contributed by atoms with Crippen molar-refractivity contribution in [2.24, 2.45) is 0 Å². The van der Waals surface area contributed by atoms with Crippen LogP contribution in [0, 0.1) is 0 Å². The predicted octanol–water partition coefficient (Wildman–Crippen LogP) is 2.51. The van der Waals surface area contributed by atoms with Crippen molar-refractivity contribution < 1.29 is 9.53 Å². The Balaban J connectivity index is 2.03. The summed E-state index contributed by atoms with van der Waals surface area (Å²) < 4.78 is 6.72. The van der Waals surface area contributed by atoms with Crippen molar-refractivity contribution in [3.8, 4) is 0 Å². The summed E-state index contributed by atoms with van der Waals surface area (Å²) in [4.78, 5) is 24.2. The molecule has 7 heteroatoms. The molecule has 0 spiro atoms. The first kappa shape index (κ1) is 19.0. The van der Waals surface area contributed by atoms with Gasteiger partial charge in [0.05, 0.1) is 12.2 Å². The number of benzene rings is 1. The standard InChI is InChI=1S/C18H22ClN3O3/c1-3-25-9-8-22-12-14(5-7-17(22)23)18(24)21-11-13-4-6-15(20-2)10-16(13)19/h4-7,10,12,20H,3,8-9,11H2,1-2H3,(H,21,24). The van der Waals surface area contributed by atoms with Gasteiger partial charge in [0.25, 0.3) is 11.5 Å². The van der Waals surface area contributed by atoms with Gasteiger partial charge in [-0.15, -0.1) is 0 Å². The average molecular weight is 364 g/mol. The summed E-state index contributed by atoms with van der Waals surface area (Å²) in [7, 11) is 1.81. The van der Waals surface area contributed by atoms with Crippen LogP contribution >= 0.6 is 11.6 Å². The molecule has 0 radical (unpaired) electrons. The molecule has 1 aromatic carbocycles. The molecule has 0 bridgehead atoms. The van der Waals surface area contributed by atoms with E-state index in [1.54, 1.807) is 12.3 Å². The van der Waals surface area contributed by atoms with Crippen molar-refractivity contribution >= 4 is 23.2 Å². The molecular formula is C18H22ClN3O3. The van der Waals surface area contributed by atoms with Gasteiger partial charge in [-0.25, -0.2) is 0 Å². The van der Waals surface area contributed by atoms with E-state index >= 15 is 0 Å². The largest absolute Gasteiger partial charge is 0.388 e. The Morgan fingerprint density at radius 3 is 2.76 bits per heavy atom. The molecule has 1 heterocycles. The van der Waals surface area contributed by atoms with Gasteiger partial charge in [-0.3, -0.25) is 9.59 Å².